The number of hydrogen-bond acceptors (Lipinski definition) is 4. The van der Waals surface area contributed by atoms with Crippen molar-refractivity contribution in [2.75, 3.05) is 12.4 Å². The first-order valence-corrected chi connectivity index (χ1v) is 10.00. The molecular formula is C11H22OS4. The van der Waals surface area contributed by atoms with Crippen molar-refractivity contribution in [2.24, 2.45) is 0 Å². The van der Waals surface area contributed by atoms with Gasteiger partial charge in [0.25, 0.3) is 0 Å². The maximum Gasteiger partial charge on any atom is 0.175 e. The van der Waals surface area contributed by atoms with Crippen LogP contribution in [0.3, 0.4) is 0 Å². The first-order valence-electron chi connectivity index (χ1n) is 5.94. The Labute approximate surface area is 115 Å². The maximum absolute atomic E-state index is 5.67. The second-order valence-electron chi connectivity index (χ2n) is 3.60. The van der Waals surface area contributed by atoms with E-state index in [4.69, 9.17) is 27.1 Å². The van der Waals surface area contributed by atoms with E-state index in [2.05, 4.69) is 13.8 Å². The molecule has 16 heavy (non-hydrogen) atoms. The van der Waals surface area contributed by atoms with Gasteiger partial charge in [-0.05, 0) is 42.8 Å². The predicted octanol–water partition coefficient (Wildman–Crippen LogP) is 3.75. The molecule has 0 aliphatic carbocycles. The zero-order chi connectivity index (χ0) is 12.2. The Kier molecular flexibility index (Phi) is 12.9. The summed E-state index contributed by atoms with van der Waals surface area (Å²) in [7, 11) is -0.540. The molecule has 0 unspecified atom stereocenters. The highest BCUT2D eigenvalue weighted by Gasteiger charge is 2.00. The van der Waals surface area contributed by atoms with Crippen molar-refractivity contribution in [1.29, 1.82) is 0 Å². The molecule has 1 nitrogen and oxygen atoms in total. The lowest BCUT2D eigenvalue weighted by Gasteiger charge is -2.05. The van der Waals surface area contributed by atoms with Crippen molar-refractivity contribution in [3.63, 3.8) is 0 Å². The van der Waals surface area contributed by atoms with Gasteiger partial charge in [0.2, 0.25) is 0 Å². The van der Waals surface area contributed by atoms with Gasteiger partial charge in [-0.3, -0.25) is 0 Å². The van der Waals surface area contributed by atoms with Crippen LogP contribution in [0.1, 0.15) is 52.4 Å². The highest BCUT2D eigenvalue weighted by molar-refractivity contribution is 8.50. The van der Waals surface area contributed by atoms with E-state index in [0.29, 0.717) is 0 Å². The van der Waals surface area contributed by atoms with Crippen molar-refractivity contribution in [3.05, 3.63) is 0 Å². The van der Waals surface area contributed by atoms with Crippen molar-refractivity contribution >= 4 is 46.1 Å². The highest BCUT2D eigenvalue weighted by atomic mass is 33.1. The van der Waals surface area contributed by atoms with Crippen LogP contribution in [0.15, 0.2) is 0 Å². The average molecular weight is 299 g/mol. The summed E-state index contributed by atoms with van der Waals surface area (Å²) in [6.07, 6.45) is 7.30. The van der Waals surface area contributed by atoms with E-state index < -0.39 is 7.60 Å². The van der Waals surface area contributed by atoms with E-state index in [-0.39, 0.29) is 0 Å². The molecule has 5 heteroatoms. The number of rotatable bonds is 8. The predicted molar refractivity (Wildman–Crippen MR) is 84.6 cm³/mol. The molecule has 0 amide bonds. The molecule has 0 spiro atoms. The molecule has 0 heterocycles. The first-order chi connectivity index (χ1) is 7.72. The zero-order valence-corrected chi connectivity index (χ0v) is 13.5. The molecule has 0 saturated heterocycles. The van der Waals surface area contributed by atoms with Crippen LogP contribution in [0.4, 0.5) is 0 Å². The third-order valence-corrected chi connectivity index (χ3v) is 5.70. The van der Waals surface area contributed by atoms with Crippen LogP contribution in [0, 0.1) is 0 Å². The summed E-state index contributed by atoms with van der Waals surface area (Å²) >= 11 is 12.0. The Balaban J connectivity index is 3.79. The quantitative estimate of drug-likeness (QED) is 0.498. The van der Waals surface area contributed by atoms with Gasteiger partial charge in [-0.25, -0.2) is 0 Å². The second kappa shape index (κ2) is 12.3. The van der Waals surface area contributed by atoms with Crippen molar-refractivity contribution in [3.8, 4) is 0 Å². The van der Waals surface area contributed by atoms with E-state index in [1.807, 2.05) is 0 Å². The SMILES string of the molecule is CCCCCOC(SCCCCC)=S(=S)=S. The van der Waals surface area contributed by atoms with E-state index in [1.54, 1.807) is 11.8 Å². The summed E-state index contributed by atoms with van der Waals surface area (Å²) in [4.78, 5) is 0. The van der Waals surface area contributed by atoms with Gasteiger partial charge in [-0.2, -0.15) is 0 Å². The van der Waals surface area contributed by atoms with E-state index in [0.717, 1.165) is 23.2 Å². The molecule has 0 aromatic heterocycles. The Morgan fingerprint density at radius 1 is 1.06 bits per heavy atom. The van der Waals surface area contributed by atoms with Crippen LogP contribution < -0.4 is 0 Å². The lowest BCUT2D eigenvalue weighted by Crippen LogP contribution is -2.03. The molecule has 0 saturated carbocycles. The maximum atomic E-state index is 5.67. The van der Waals surface area contributed by atoms with Crippen molar-refractivity contribution in [1.82, 2.24) is 0 Å². The van der Waals surface area contributed by atoms with Gasteiger partial charge in [0.15, 0.2) is 4.38 Å². The van der Waals surface area contributed by atoms with Gasteiger partial charge < -0.3 is 4.74 Å². The average Bonchev–Trinajstić information content (AvgIpc) is 2.26. The smallest absolute Gasteiger partial charge is 0.175 e. The molecule has 0 aromatic carbocycles. The third-order valence-electron chi connectivity index (χ3n) is 2.07. The lowest BCUT2D eigenvalue weighted by molar-refractivity contribution is 0.310. The van der Waals surface area contributed by atoms with Crippen molar-refractivity contribution in [2.45, 2.75) is 52.4 Å². The topological polar surface area (TPSA) is 9.23 Å². The molecule has 0 aromatic rings. The molecular weight excluding hydrogens is 276 g/mol. The molecule has 0 aliphatic heterocycles. The minimum atomic E-state index is -0.540. The van der Waals surface area contributed by atoms with E-state index in [1.165, 1.54) is 32.1 Å². The van der Waals surface area contributed by atoms with Gasteiger partial charge in [-0.1, -0.05) is 51.3 Å². The summed E-state index contributed by atoms with van der Waals surface area (Å²) in [6, 6.07) is 0. The van der Waals surface area contributed by atoms with Gasteiger partial charge in [0, 0.05) is 5.75 Å². The molecule has 0 fully saturated rings. The molecule has 0 aliphatic rings. The Morgan fingerprint density at radius 3 is 2.25 bits per heavy atom. The fraction of sp³-hybridized carbons (Fsp3) is 0.909. The molecule has 0 bridgehead atoms. The minimum absolute atomic E-state index is 0.540. The fourth-order valence-electron chi connectivity index (χ4n) is 1.15. The molecule has 0 atom stereocenters. The number of hydrogen-bond donors (Lipinski definition) is 0. The summed E-state index contributed by atoms with van der Waals surface area (Å²) in [6.45, 7) is 5.18. The first kappa shape index (κ1) is 16.8. The van der Waals surface area contributed by atoms with Crippen molar-refractivity contribution < 1.29 is 4.74 Å². The fourth-order valence-corrected chi connectivity index (χ4v) is 3.80. The minimum Gasteiger partial charge on any atom is -0.330 e. The Hall–Kier alpha value is 0.840. The second-order valence-corrected chi connectivity index (χ2v) is 8.40. The van der Waals surface area contributed by atoms with Crippen LogP contribution in [-0.2, 0) is 34.7 Å². The highest BCUT2D eigenvalue weighted by Crippen LogP contribution is 2.10. The summed E-state index contributed by atoms with van der Waals surface area (Å²) in [5, 5.41) is 0. The molecule has 0 rings (SSSR count). The third kappa shape index (κ3) is 10.0. The Morgan fingerprint density at radius 2 is 1.69 bits per heavy atom. The summed E-state index contributed by atoms with van der Waals surface area (Å²) < 4.78 is 6.57. The zero-order valence-electron chi connectivity index (χ0n) is 10.2. The summed E-state index contributed by atoms with van der Waals surface area (Å²) in [5.74, 6) is 1.09. The van der Waals surface area contributed by atoms with Gasteiger partial charge in [-0.15, -0.1) is 0 Å². The molecule has 96 valence electrons. The van der Waals surface area contributed by atoms with Crippen LogP contribution in [0.25, 0.3) is 0 Å². The van der Waals surface area contributed by atoms with Gasteiger partial charge in [0.05, 0.1) is 6.61 Å². The van der Waals surface area contributed by atoms with Crippen LogP contribution >= 0.6 is 11.8 Å². The number of ether oxygens (including phenoxy) is 1. The largest absolute Gasteiger partial charge is 0.330 e. The van der Waals surface area contributed by atoms with Crippen LogP contribution in [0.2, 0.25) is 0 Å². The number of thioether (sulfide) groups is 1. The standard InChI is InChI=1S/C11H22OS4/c1-3-5-7-9-12-11(16(13)14)15-10-8-6-4-2/h3-10H2,1-2H3. The molecule has 0 radical (unpaired) electrons. The van der Waals surface area contributed by atoms with Crippen LogP contribution in [0.5, 0.6) is 0 Å². The molecule has 0 N–H and O–H groups in total. The van der Waals surface area contributed by atoms with Gasteiger partial charge >= 0.3 is 0 Å². The van der Waals surface area contributed by atoms with Crippen LogP contribution in [-0.4, -0.2) is 16.7 Å². The number of unbranched alkanes of at least 4 members (excludes halogenated alkanes) is 4. The normalized spacial score (nSPS) is 10.4. The lowest BCUT2D eigenvalue weighted by atomic mass is 10.3. The van der Waals surface area contributed by atoms with Gasteiger partial charge in [0.1, 0.15) is 0 Å². The Bertz CT molecular complexity index is 260. The van der Waals surface area contributed by atoms with E-state index >= 15 is 0 Å². The van der Waals surface area contributed by atoms with E-state index in [9.17, 15) is 0 Å². The summed E-state index contributed by atoms with van der Waals surface area (Å²) in [5.41, 5.74) is 0. The monoisotopic (exact) mass is 298 g/mol.